The summed E-state index contributed by atoms with van der Waals surface area (Å²) >= 11 is 0. The van der Waals surface area contributed by atoms with Crippen LogP contribution in [0.1, 0.15) is 21.5 Å². The topological polar surface area (TPSA) is 78.1 Å². The lowest BCUT2D eigenvalue weighted by Crippen LogP contribution is -2.09. The molecule has 0 atom stereocenters. The van der Waals surface area contributed by atoms with Crippen molar-refractivity contribution in [3.63, 3.8) is 0 Å². The number of esters is 1. The van der Waals surface area contributed by atoms with Gasteiger partial charge in [0.2, 0.25) is 0 Å². The first-order valence-electron chi connectivity index (χ1n) is 5.94. The number of aromatic nitrogens is 2. The number of rotatable bonds is 4. The maximum absolute atomic E-state index is 11.7. The highest BCUT2D eigenvalue weighted by Crippen LogP contribution is 2.13. The average Bonchev–Trinajstić information content (AvgIpc) is 2.42. The monoisotopic (exact) mass is 257 g/mol. The molecule has 2 N–H and O–H groups in total. The van der Waals surface area contributed by atoms with Crippen LogP contribution in [0.3, 0.4) is 0 Å². The zero-order chi connectivity index (χ0) is 13.7. The molecule has 0 unspecified atom stereocenters. The second-order valence-electron chi connectivity index (χ2n) is 4.20. The fraction of sp³-hybridized carbons (Fsp3) is 0.214. The van der Waals surface area contributed by atoms with Gasteiger partial charge in [0.05, 0.1) is 12.2 Å². The van der Waals surface area contributed by atoms with Crippen molar-refractivity contribution >= 4 is 11.7 Å². The Labute approximate surface area is 111 Å². The Bertz CT molecular complexity index is 570. The normalized spacial score (nSPS) is 10.2. The van der Waals surface area contributed by atoms with E-state index in [-0.39, 0.29) is 0 Å². The summed E-state index contributed by atoms with van der Waals surface area (Å²) in [6, 6.07) is 5.70. The van der Waals surface area contributed by atoms with E-state index in [0.29, 0.717) is 18.6 Å². The lowest BCUT2D eigenvalue weighted by atomic mass is 10.1. The molecule has 19 heavy (non-hydrogen) atoms. The summed E-state index contributed by atoms with van der Waals surface area (Å²) < 4.78 is 5.17. The van der Waals surface area contributed by atoms with Gasteiger partial charge >= 0.3 is 5.97 Å². The second-order valence-corrected chi connectivity index (χ2v) is 4.20. The van der Waals surface area contributed by atoms with Gasteiger partial charge in [-0.1, -0.05) is 6.07 Å². The van der Waals surface area contributed by atoms with E-state index in [0.717, 1.165) is 16.8 Å². The predicted octanol–water partition coefficient (Wildman–Crippen LogP) is 1.77. The van der Waals surface area contributed by atoms with Crippen LogP contribution in [0.25, 0.3) is 0 Å². The largest absolute Gasteiger partial charge is 0.462 e. The number of hydrogen-bond acceptors (Lipinski definition) is 5. The molecule has 1 aromatic heterocycles. The minimum atomic E-state index is -0.409. The molecule has 0 aliphatic rings. The third kappa shape index (κ3) is 3.51. The number of anilines is 1. The van der Waals surface area contributed by atoms with Crippen LogP contribution in [0.5, 0.6) is 0 Å². The first-order chi connectivity index (χ1) is 9.16. The SMILES string of the molecule is Cc1cc(N)ccc1CCOC(=O)c1cncnc1. The summed E-state index contributed by atoms with van der Waals surface area (Å²) in [5.74, 6) is -0.409. The smallest absolute Gasteiger partial charge is 0.341 e. The highest BCUT2D eigenvalue weighted by molar-refractivity contribution is 5.88. The van der Waals surface area contributed by atoms with Crippen LogP contribution in [-0.4, -0.2) is 22.5 Å². The zero-order valence-corrected chi connectivity index (χ0v) is 10.7. The predicted molar refractivity (Wildman–Crippen MR) is 71.6 cm³/mol. The maximum atomic E-state index is 11.7. The van der Waals surface area contributed by atoms with Gasteiger partial charge in [0.25, 0.3) is 0 Å². The van der Waals surface area contributed by atoms with Crippen LogP contribution in [0.15, 0.2) is 36.9 Å². The van der Waals surface area contributed by atoms with E-state index in [1.54, 1.807) is 0 Å². The Kier molecular flexibility index (Phi) is 4.07. The van der Waals surface area contributed by atoms with Crippen molar-refractivity contribution in [3.8, 4) is 0 Å². The van der Waals surface area contributed by atoms with Crippen LogP contribution in [0.2, 0.25) is 0 Å². The molecule has 5 heteroatoms. The molecule has 0 radical (unpaired) electrons. The van der Waals surface area contributed by atoms with Crippen LogP contribution in [0, 0.1) is 6.92 Å². The van der Waals surface area contributed by atoms with Crippen molar-refractivity contribution in [1.29, 1.82) is 0 Å². The molecule has 1 aromatic carbocycles. The van der Waals surface area contributed by atoms with Crippen molar-refractivity contribution in [2.24, 2.45) is 0 Å². The first-order valence-corrected chi connectivity index (χ1v) is 5.94. The summed E-state index contributed by atoms with van der Waals surface area (Å²) in [7, 11) is 0. The average molecular weight is 257 g/mol. The maximum Gasteiger partial charge on any atom is 0.341 e. The fourth-order valence-corrected chi connectivity index (χ4v) is 1.74. The van der Waals surface area contributed by atoms with Crippen LogP contribution >= 0.6 is 0 Å². The Morgan fingerprint density at radius 3 is 2.74 bits per heavy atom. The van der Waals surface area contributed by atoms with Crippen LogP contribution in [-0.2, 0) is 11.2 Å². The summed E-state index contributed by atoms with van der Waals surface area (Å²) in [5, 5.41) is 0. The van der Waals surface area contributed by atoms with Gasteiger partial charge in [0.1, 0.15) is 6.33 Å². The zero-order valence-electron chi connectivity index (χ0n) is 10.7. The van der Waals surface area contributed by atoms with Crippen molar-refractivity contribution in [2.75, 3.05) is 12.3 Å². The highest BCUT2D eigenvalue weighted by atomic mass is 16.5. The molecule has 0 aliphatic carbocycles. The van der Waals surface area contributed by atoms with Crippen molar-refractivity contribution in [3.05, 3.63) is 53.6 Å². The Balaban J connectivity index is 1.88. The Morgan fingerprint density at radius 2 is 2.05 bits per heavy atom. The number of nitrogens with two attached hydrogens (primary N) is 1. The first kappa shape index (κ1) is 13.0. The minimum Gasteiger partial charge on any atom is -0.462 e. The highest BCUT2D eigenvalue weighted by Gasteiger charge is 2.07. The van der Waals surface area contributed by atoms with Gasteiger partial charge in [0.15, 0.2) is 0 Å². The Hall–Kier alpha value is -2.43. The molecule has 5 nitrogen and oxygen atoms in total. The van der Waals surface area contributed by atoms with Gasteiger partial charge in [-0.25, -0.2) is 14.8 Å². The number of hydrogen-bond donors (Lipinski definition) is 1. The Morgan fingerprint density at radius 1 is 1.32 bits per heavy atom. The molecule has 0 fully saturated rings. The summed E-state index contributed by atoms with van der Waals surface area (Å²) in [6.45, 7) is 2.30. The third-order valence-corrected chi connectivity index (χ3v) is 2.77. The van der Waals surface area contributed by atoms with Crippen molar-refractivity contribution in [2.45, 2.75) is 13.3 Å². The van der Waals surface area contributed by atoms with Crippen LogP contribution in [0.4, 0.5) is 5.69 Å². The van der Waals surface area contributed by atoms with E-state index in [2.05, 4.69) is 9.97 Å². The van der Waals surface area contributed by atoms with Gasteiger partial charge in [-0.15, -0.1) is 0 Å². The molecule has 0 spiro atoms. The van der Waals surface area contributed by atoms with E-state index in [1.165, 1.54) is 18.7 Å². The number of aryl methyl sites for hydroxylation is 1. The molecule has 1 heterocycles. The number of carbonyl (C=O) groups excluding carboxylic acids is 1. The van der Waals surface area contributed by atoms with Crippen LogP contribution < -0.4 is 5.73 Å². The third-order valence-electron chi connectivity index (χ3n) is 2.77. The standard InChI is InChI=1S/C14H15N3O2/c1-10-6-13(15)3-2-11(10)4-5-19-14(18)12-7-16-9-17-8-12/h2-3,6-9H,4-5,15H2,1H3. The van der Waals surface area contributed by atoms with E-state index in [1.807, 2.05) is 25.1 Å². The molecular formula is C14H15N3O2. The molecule has 0 saturated carbocycles. The van der Waals surface area contributed by atoms with Crippen molar-refractivity contribution < 1.29 is 9.53 Å². The molecule has 0 aliphatic heterocycles. The number of ether oxygens (including phenoxy) is 1. The number of carbonyl (C=O) groups is 1. The summed E-state index contributed by atoms with van der Waals surface area (Å²) in [5.41, 5.74) is 8.99. The number of nitrogens with zero attached hydrogens (tertiary/aromatic N) is 2. The van der Waals surface area contributed by atoms with Gasteiger partial charge in [-0.2, -0.15) is 0 Å². The second kappa shape index (κ2) is 5.95. The summed E-state index contributed by atoms with van der Waals surface area (Å²) in [6.07, 6.45) is 4.90. The minimum absolute atomic E-state index is 0.318. The molecule has 0 amide bonds. The van der Waals surface area contributed by atoms with Gasteiger partial charge in [0, 0.05) is 24.5 Å². The molecule has 2 rings (SSSR count). The van der Waals surface area contributed by atoms with Gasteiger partial charge in [-0.05, 0) is 30.2 Å². The van der Waals surface area contributed by atoms with E-state index < -0.39 is 5.97 Å². The fourth-order valence-electron chi connectivity index (χ4n) is 1.74. The van der Waals surface area contributed by atoms with E-state index >= 15 is 0 Å². The number of benzene rings is 1. The van der Waals surface area contributed by atoms with E-state index in [9.17, 15) is 4.79 Å². The molecule has 0 bridgehead atoms. The van der Waals surface area contributed by atoms with Crippen molar-refractivity contribution in [1.82, 2.24) is 9.97 Å². The molecule has 2 aromatic rings. The summed E-state index contributed by atoms with van der Waals surface area (Å²) in [4.78, 5) is 19.2. The quantitative estimate of drug-likeness (QED) is 0.667. The molecular weight excluding hydrogens is 242 g/mol. The van der Waals surface area contributed by atoms with Gasteiger partial charge < -0.3 is 10.5 Å². The lowest BCUT2D eigenvalue weighted by Gasteiger charge is -2.07. The lowest BCUT2D eigenvalue weighted by molar-refractivity contribution is 0.0508. The molecule has 98 valence electrons. The number of nitrogen functional groups attached to an aromatic ring is 1. The molecule has 0 saturated heterocycles. The van der Waals surface area contributed by atoms with Gasteiger partial charge in [-0.3, -0.25) is 0 Å². The van der Waals surface area contributed by atoms with E-state index in [4.69, 9.17) is 10.5 Å².